The van der Waals surface area contributed by atoms with Crippen molar-refractivity contribution < 1.29 is 4.39 Å². The van der Waals surface area contributed by atoms with Gasteiger partial charge in [0.25, 0.3) is 0 Å². The Bertz CT molecular complexity index is 585. The van der Waals surface area contributed by atoms with Gasteiger partial charge in [-0.05, 0) is 59.6 Å². The summed E-state index contributed by atoms with van der Waals surface area (Å²) in [6, 6.07) is 6.82. The molecular weight excluding hydrogens is 309 g/mol. The summed E-state index contributed by atoms with van der Waals surface area (Å²) < 4.78 is 15.9. The zero-order valence-electron chi connectivity index (χ0n) is 10.7. The van der Waals surface area contributed by atoms with Crippen LogP contribution in [-0.2, 0) is 7.05 Å². The van der Waals surface area contributed by atoms with Gasteiger partial charge < -0.3 is 5.32 Å². The highest BCUT2D eigenvalue weighted by atomic mass is 79.9. The molecule has 1 fully saturated rings. The molecule has 1 atom stereocenters. The molecule has 3 nitrogen and oxygen atoms in total. The molecule has 1 aromatic heterocycles. The number of nitrogens with zero attached hydrogens (tertiary/aromatic N) is 2. The fourth-order valence-corrected chi connectivity index (χ4v) is 3.42. The summed E-state index contributed by atoms with van der Waals surface area (Å²) in [5, 5.41) is 8.05. The van der Waals surface area contributed by atoms with Crippen LogP contribution in [0.15, 0.2) is 28.7 Å². The van der Waals surface area contributed by atoms with E-state index in [1.54, 1.807) is 12.1 Å². The molecule has 100 valence electrons. The minimum Gasteiger partial charge on any atom is -0.309 e. The first kappa shape index (κ1) is 12.8. The lowest BCUT2D eigenvalue weighted by molar-refractivity contribution is 0.605. The molecule has 0 bridgehead atoms. The van der Waals surface area contributed by atoms with Crippen LogP contribution >= 0.6 is 15.9 Å². The average molecular weight is 324 g/mol. The van der Waals surface area contributed by atoms with Crippen LogP contribution in [0.2, 0.25) is 0 Å². The van der Waals surface area contributed by atoms with Gasteiger partial charge in [0.1, 0.15) is 5.82 Å². The van der Waals surface area contributed by atoms with E-state index in [-0.39, 0.29) is 5.82 Å². The summed E-state index contributed by atoms with van der Waals surface area (Å²) in [6.07, 6.45) is 2.29. The molecule has 5 heteroatoms. The quantitative estimate of drug-likeness (QED) is 0.917. The number of hydrogen-bond donors (Lipinski definition) is 1. The average Bonchev–Trinajstić information content (AvgIpc) is 3.00. The van der Waals surface area contributed by atoms with E-state index < -0.39 is 0 Å². The number of nitrogens with one attached hydrogen (secondary N) is 1. The highest BCUT2D eigenvalue weighted by molar-refractivity contribution is 9.10. The standard InChI is InChI=1S/C14H15BrFN3/c1-19-14(9-4-6-10(16)7-5-9)12(15)13(18-19)11-3-2-8-17-11/h4-7,11,17H,2-3,8H2,1H3. The van der Waals surface area contributed by atoms with E-state index in [9.17, 15) is 4.39 Å². The second-order valence-electron chi connectivity index (χ2n) is 4.83. The van der Waals surface area contributed by atoms with Crippen molar-refractivity contribution in [2.75, 3.05) is 6.54 Å². The van der Waals surface area contributed by atoms with Crippen LogP contribution < -0.4 is 5.32 Å². The molecule has 2 heterocycles. The molecule has 1 saturated heterocycles. The van der Waals surface area contributed by atoms with E-state index in [4.69, 9.17) is 0 Å². The summed E-state index contributed by atoms with van der Waals surface area (Å²) in [5.74, 6) is -0.222. The zero-order chi connectivity index (χ0) is 13.4. The van der Waals surface area contributed by atoms with Gasteiger partial charge in [-0.1, -0.05) is 0 Å². The number of halogens is 2. The third kappa shape index (κ3) is 2.32. The number of aryl methyl sites for hydroxylation is 1. The predicted octanol–water partition coefficient (Wildman–Crippen LogP) is 3.41. The number of benzene rings is 1. The topological polar surface area (TPSA) is 29.9 Å². The van der Waals surface area contributed by atoms with Gasteiger partial charge in [-0.3, -0.25) is 4.68 Å². The zero-order valence-corrected chi connectivity index (χ0v) is 12.2. The van der Waals surface area contributed by atoms with E-state index in [0.29, 0.717) is 6.04 Å². The smallest absolute Gasteiger partial charge is 0.123 e. The maximum Gasteiger partial charge on any atom is 0.123 e. The maximum atomic E-state index is 13.0. The third-order valence-electron chi connectivity index (χ3n) is 3.52. The van der Waals surface area contributed by atoms with Crippen LogP contribution in [0, 0.1) is 5.82 Å². The fourth-order valence-electron chi connectivity index (χ4n) is 2.58. The van der Waals surface area contributed by atoms with Gasteiger partial charge >= 0.3 is 0 Å². The maximum absolute atomic E-state index is 13.0. The summed E-state index contributed by atoms with van der Waals surface area (Å²) in [5.41, 5.74) is 3.00. The van der Waals surface area contributed by atoms with Crippen LogP contribution in [0.4, 0.5) is 4.39 Å². The molecule has 0 saturated carbocycles. The summed E-state index contributed by atoms with van der Waals surface area (Å²) in [4.78, 5) is 0. The monoisotopic (exact) mass is 323 g/mol. The first-order chi connectivity index (χ1) is 9.16. The van der Waals surface area contributed by atoms with E-state index in [0.717, 1.165) is 34.4 Å². The summed E-state index contributed by atoms with van der Waals surface area (Å²) >= 11 is 3.65. The van der Waals surface area contributed by atoms with Crippen LogP contribution in [0.25, 0.3) is 11.3 Å². The first-order valence-electron chi connectivity index (χ1n) is 6.38. The molecule has 0 aliphatic carbocycles. The lowest BCUT2D eigenvalue weighted by atomic mass is 10.1. The first-order valence-corrected chi connectivity index (χ1v) is 7.18. The predicted molar refractivity (Wildman–Crippen MR) is 76.3 cm³/mol. The number of hydrogen-bond acceptors (Lipinski definition) is 2. The van der Waals surface area contributed by atoms with Gasteiger partial charge in [-0.2, -0.15) is 5.10 Å². The molecule has 1 aliphatic rings. The Morgan fingerprint density at radius 1 is 1.37 bits per heavy atom. The van der Waals surface area contributed by atoms with Crippen molar-refractivity contribution in [1.82, 2.24) is 15.1 Å². The molecule has 3 rings (SSSR count). The van der Waals surface area contributed by atoms with Crippen molar-refractivity contribution in [2.45, 2.75) is 18.9 Å². The molecule has 1 unspecified atom stereocenters. The van der Waals surface area contributed by atoms with Crippen molar-refractivity contribution in [2.24, 2.45) is 7.05 Å². The van der Waals surface area contributed by atoms with Crippen LogP contribution in [0.3, 0.4) is 0 Å². The SMILES string of the molecule is Cn1nc(C2CCCN2)c(Br)c1-c1ccc(F)cc1. The van der Waals surface area contributed by atoms with E-state index in [2.05, 4.69) is 26.3 Å². The van der Waals surface area contributed by atoms with Gasteiger partial charge in [0.15, 0.2) is 0 Å². The van der Waals surface area contributed by atoms with Crippen LogP contribution in [-0.4, -0.2) is 16.3 Å². The molecule has 1 aliphatic heterocycles. The molecule has 1 N–H and O–H groups in total. The van der Waals surface area contributed by atoms with Gasteiger partial charge in [0, 0.05) is 12.6 Å². The molecule has 0 amide bonds. The largest absolute Gasteiger partial charge is 0.309 e. The minimum atomic E-state index is -0.222. The van der Waals surface area contributed by atoms with Gasteiger partial charge in [0.05, 0.1) is 21.9 Å². The Morgan fingerprint density at radius 2 is 2.11 bits per heavy atom. The third-order valence-corrected chi connectivity index (χ3v) is 4.30. The molecule has 0 spiro atoms. The second-order valence-corrected chi connectivity index (χ2v) is 5.62. The number of aromatic nitrogens is 2. The molecule has 19 heavy (non-hydrogen) atoms. The number of rotatable bonds is 2. The van der Waals surface area contributed by atoms with Gasteiger partial charge in [0.2, 0.25) is 0 Å². The van der Waals surface area contributed by atoms with Crippen molar-refractivity contribution in [3.63, 3.8) is 0 Å². The summed E-state index contributed by atoms with van der Waals surface area (Å²) in [6.45, 7) is 1.04. The molecule has 0 radical (unpaired) electrons. The lowest BCUT2D eigenvalue weighted by Gasteiger charge is -2.06. The minimum absolute atomic E-state index is 0.222. The lowest BCUT2D eigenvalue weighted by Crippen LogP contribution is -2.14. The normalized spacial score (nSPS) is 19.0. The van der Waals surface area contributed by atoms with E-state index >= 15 is 0 Å². The van der Waals surface area contributed by atoms with Gasteiger partial charge in [-0.25, -0.2) is 4.39 Å². The van der Waals surface area contributed by atoms with Crippen molar-refractivity contribution in [3.05, 3.63) is 40.2 Å². The Morgan fingerprint density at radius 3 is 2.74 bits per heavy atom. The Hall–Kier alpha value is -1.20. The fraction of sp³-hybridized carbons (Fsp3) is 0.357. The Kier molecular flexibility index (Phi) is 3.41. The molecular formula is C14H15BrFN3. The van der Waals surface area contributed by atoms with E-state index in [1.807, 2.05) is 11.7 Å². The van der Waals surface area contributed by atoms with Crippen LogP contribution in [0.1, 0.15) is 24.6 Å². The van der Waals surface area contributed by atoms with Crippen LogP contribution in [0.5, 0.6) is 0 Å². The highest BCUT2D eigenvalue weighted by Crippen LogP contribution is 2.36. The van der Waals surface area contributed by atoms with Crippen molar-refractivity contribution in [1.29, 1.82) is 0 Å². The Labute approximate surface area is 119 Å². The van der Waals surface area contributed by atoms with Gasteiger partial charge in [-0.15, -0.1) is 0 Å². The highest BCUT2D eigenvalue weighted by Gasteiger charge is 2.25. The Balaban J connectivity index is 2.04. The second kappa shape index (κ2) is 5.06. The summed E-state index contributed by atoms with van der Waals surface area (Å²) in [7, 11) is 1.92. The molecule has 2 aromatic rings. The van der Waals surface area contributed by atoms with Crippen molar-refractivity contribution in [3.8, 4) is 11.3 Å². The van der Waals surface area contributed by atoms with Crippen molar-refractivity contribution >= 4 is 15.9 Å². The molecule has 1 aromatic carbocycles. The van der Waals surface area contributed by atoms with E-state index in [1.165, 1.54) is 18.6 Å².